The zero-order valence-corrected chi connectivity index (χ0v) is 11.4. The van der Waals surface area contributed by atoms with Gasteiger partial charge in [0.25, 0.3) is 0 Å². The van der Waals surface area contributed by atoms with Crippen molar-refractivity contribution in [2.24, 2.45) is 5.92 Å². The average Bonchev–Trinajstić information content (AvgIpc) is 2.78. The molecule has 0 bridgehead atoms. The Balaban J connectivity index is 2.34. The van der Waals surface area contributed by atoms with Crippen LogP contribution in [0.15, 0.2) is 0 Å². The van der Waals surface area contributed by atoms with Crippen molar-refractivity contribution < 1.29 is 9.53 Å². The molecule has 0 aromatic carbocycles. The number of amides is 1. The first-order valence-electron chi connectivity index (χ1n) is 6.67. The van der Waals surface area contributed by atoms with Crippen molar-refractivity contribution in [1.29, 1.82) is 0 Å². The van der Waals surface area contributed by atoms with Crippen LogP contribution in [-0.2, 0) is 9.53 Å². The van der Waals surface area contributed by atoms with Crippen LogP contribution >= 0.6 is 0 Å². The molecule has 0 saturated carbocycles. The van der Waals surface area contributed by atoms with Crippen LogP contribution in [0.25, 0.3) is 0 Å². The van der Waals surface area contributed by atoms with E-state index in [1.165, 1.54) is 12.8 Å². The quantitative estimate of drug-likeness (QED) is 0.731. The normalized spacial score (nSPS) is 21.5. The number of nitrogens with zero attached hydrogens (tertiary/aromatic N) is 1. The van der Waals surface area contributed by atoms with E-state index >= 15 is 0 Å². The van der Waals surface area contributed by atoms with Crippen molar-refractivity contribution in [3.8, 4) is 0 Å². The fourth-order valence-corrected chi connectivity index (χ4v) is 2.36. The third-order valence-electron chi connectivity index (χ3n) is 3.31. The Kier molecular flexibility index (Phi) is 6.52. The van der Waals surface area contributed by atoms with Gasteiger partial charge in [0.05, 0.1) is 0 Å². The predicted molar refractivity (Wildman–Crippen MR) is 68.9 cm³/mol. The van der Waals surface area contributed by atoms with Gasteiger partial charge >= 0.3 is 0 Å². The maximum Gasteiger partial charge on any atom is 0.222 e. The third kappa shape index (κ3) is 5.04. The smallest absolute Gasteiger partial charge is 0.222 e. The third-order valence-corrected chi connectivity index (χ3v) is 3.31. The minimum absolute atomic E-state index is 0.255. The molecule has 1 fully saturated rings. The minimum atomic E-state index is 0.255. The second kappa shape index (κ2) is 7.67. The lowest BCUT2D eigenvalue weighted by atomic mass is 10.1. The molecular weight excluding hydrogens is 216 g/mol. The van der Waals surface area contributed by atoms with E-state index in [-0.39, 0.29) is 5.91 Å². The number of carbonyl (C=O) groups is 1. The second-order valence-corrected chi connectivity index (χ2v) is 4.99. The molecule has 2 unspecified atom stereocenters. The maximum atomic E-state index is 12.1. The van der Waals surface area contributed by atoms with Gasteiger partial charge < -0.3 is 15.0 Å². The number of hydrogen-bond acceptors (Lipinski definition) is 3. The molecule has 1 N–H and O–H groups in total. The zero-order chi connectivity index (χ0) is 12.7. The number of rotatable bonds is 7. The highest BCUT2D eigenvalue weighted by Crippen LogP contribution is 2.10. The Bertz CT molecular complexity index is 227. The summed E-state index contributed by atoms with van der Waals surface area (Å²) >= 11 is 0. The van der Waals surface area contributed by atoms with Crippen LogP contribution in [0, 0.1) is 5.92 Å². The Morgan fingerprint density at radius 2 is 2.35 bits per heavy atom. The Morgan fingerprint density at radius 1 is 1.59 bits per heavy atom. The fourth-order valence-electron chi connectivity index (χ4n) is 2.36. The van der Waals surface area contributed by atoms with Crippen molar-refractivity contribution in [1.82, 2.24) is 10.2 Å². The Labute approximate surface area is 105 Å². The van der Waals surface area contributed by atoms with Gasteiger partial charge in [0.1, 0.15) is 0 Å². The maximum absolute atomic E-state index is 12.1. The number of hydrogen-bond donors (Lipinski definition) is 1. The van der Waals surface area contributed by atoms with Crippen molar-refractivity contribution in [3.05, 3.63) is 0 Å². The van der Waals surface area contributed by atoms with Gasteiger partial charge in [0, 0.05) is 39.3 Å². The molecule has 1 aliphatic heterocycles. The Morgan fingerprint density at radius 3 is 2.88 bits per heavy atom. The van der Waals surface area contributed by atoms with Crippen LogP contribution in [0.3, 0.4) is 0 Å². The summed E-state index contributed by atoms with van der Waals surface area (Å²) < 4.78 is 5.07. The topological polar surface area (TPSA) is 41.6 Å². The summed E-state index contributed by atoms with van der Waals surface area (Å²) in [5.74, 6) is 0.559. The van der Waals surface area contributed by atoms with E-state index < -0.39 is 0 Å². The number of likely N-dealkylation sites (N-methyl/N-ethyl adjacent to an activating group) is 1. The molecule has 2 atom stereocenters. The van der Waals surface area contributed by atoms with Crippen LogP contribution in [0.4, 0.5) is 0 Å². The van der Waals surface area contributed by atoms with Crippen molar-refractivity contribution in [2.75, 3.05) is 33.4 Å². The lowest BCUT2D eigenvalue weighted by molar-refractivity contribution is -0.132. The molecule has 1 amide bonds. The number of nitrogens with one attached hydrogen (secondary N) is 1. The first-order valence-corrected chi connectivity index (χ1v) is 6.67. The molecule has 1 aliphatic rings. The van der Waals surface area contributed by atoms with Gasteiger partial charge in [-0.25, -0.2) is 0 Å². The number of ether oxygens (including phenoxy) is 1. The van der Waals surface area contributed by atoms with Crippen molar-refractivity contribution in [3.63, 3.8) is 0 Å². The molecule has 0 aliphatic carbocycles. The molecule has 0 radical (unpaired) electrons. The van der Waals surface area contributed by atoms with E-state index in [1.807, 2.05) is 11.8 Å². The molecule has 0 spiro atoms. The molecule has 0 aromatic rings. The molecule has 1 rings (SSSR count). The molecule has 4 nitrogen and oxygen atoms in total. The molecule has 0 aromatic heterocycles. The molecule has 1 saturated heterocycles. The van der Waals surface area contributed by atoms with Crippen LogP contribution in [0.2, 0.25) is 0 Å². The van der Waals surface area contributed by atoms with Gasteiger partial charge in [-0.1, -0.05) is 6.92 Å². The first kappa shape index (κ1) is 14.5. The number of carbonyl (C=O) groups excluding carboxylic acids is 1. The van der Waals surface area contributed by atoms with Crippen LogP contribution in [0.5, 0.6) is 0 Å². The van der Waals surface area contributed by atoms with E-state index in [2.05, 4.69) is 12.2 Å². The largest absolute Gasteiger partial charge is 0.384 e. The summed E-state index contributed by atoms with van der Waals surface area (Å²) in [5.41, 5.74) is 0. The minimum Gasteiger partial charge on any atom is -0.384 e. The van der Waals surface area contributed by atoms with Crippen LogP contribution in [0.1, 0.15) is 33.1 Å². The molecular formula is C13H26N2O2. The van der Waals surface area contributed by atoms with E-state index in [9.17, 15) is 4.79 Å². The van der Waals surface area contributed by atoms with E-state index in [4.69, 9.17) is 4.74 Å². The standard InChI is InChI=1S/C13H26N2O2/c1-4-15(9-12-6-5-7-14-12)13(16)8-11(2)10-17-3/h11-12,14H,4-10H2,1-3H3. The summed E-state index contributed by atoms with van der Waals surface area (Å²) in [6.07, 6.45) is 3.02. The van der Waals surface area contributed by atoms with Crippen LogP contribution < -0.4 is 5.32 Å². The molecule has 17 heavy (non-hydrogen) atoms. The summed E-state index contributed by atoms with van der Waals surface area (Å²) in [6, 6.07) is 0.497. The molecule has 100 valence electrons. The average molecular weight is 242 g/mol. The van der Waals surface area contributed by atoms with Gasteiger partial charge in [0.15, 0.2) is 0 Å². The molecule has 4 heteroatoms. The highest BCUT2D eigenvalue weighted by molar-refractivity contribution is 5.76. The molecule has 1 heterocycles. The van der Waals surface area contributed by atoms with E-state index in [1.54, 1.807) is 7.11 Å². The monoisotopic (exact) mass is 242 g/mol. The van der Waals surface area contributed by atoms with E-state index in [0.29, 0.717) is 25.0 Å². The summed E-state index contributed by atoms with van der Waals surface area (Å²) in [7, 11) is 1.68. The highest BCUT2D eigenvalue weighted by Gasteiger charge is 2.21. The van der Waals surface area contributed by atoms with Crippen molar-refractivity contribution in [2.45, 2.75) is 39.2 Å². The Hall–Kier alpha value is -0.610. The van der Waals surface area contributed by atoms with Gasteiger partial charge in [-0.05, 0) is 32.2 Å². The van der Waals surface area contributed by atoms with Gasteiger partial charge in [0.2, 0.25) is 5.91 Å². The summed E-state index contributed by atoms with van der Waals surface area (Å²) in [4.78, 5) is 14.1. The lowest BCUT2D eigenvalue weighted by Crippen LogP contribution is -2.41. The van der Waals surface area contributed by atoms with Gasteiger partial charge in [-0.3, -0.25) is 4.79 Å². The van der Waals surface area contributed by atoms with E-state index in [0.717, 1.165) is 19.6 Å². The highest BCUT2D eigenvalue weighted by atomic mass is 16.5. The summed E-state index contributed by atoms with van der Waals surface area (Å²) in [5, 5.41) is 3.44. The number of methoxy groups -OCH3 is 1. The fraction of sp³-hybridized carbons (Fsp3) is 0.923. The predicted octanol–water partition coefficient (Wildman–Crippen LogP) is 1.26. The lowest BCUT2D eigenvalue weighted by Gasteiger charge is -2.25. The summed E-state index contributed by atoms with van der Waals surface area (Å²) in [6.45, 7) is 7.52. The second-order valence-electron chi connectivity index (χ2n) is 4.99. The first-order chi connectivity index (χ1) is 8.17. The van der Waals surface area contributed by atoms with Gasteiger partial charge in [-0.2, -0.15) is 0 Å². The zero-order valence-electron chi connectivity index (χ0n) is 11.4. The SMILES string of the molecule is CCN(CC1CCCN1)C(=O)CC(C)COC. The van der Waals surface area contributed by atoms with Crippen LogP contribution in [-0.4, -0.2) is 50.2 Å². The van der Waals surface area contributed by atoms with Gasteiger partial charge in [-0.15, -0.1) is 0 Å². The van der Waals surface area contributed by atoms with Crippen molar-refractivity contribution >= 4 is 5.91 Å².